The second-order valence-corrected chi connectivity index (χ2v) is 11.9. The van der Waals surface area contributed by atoms with Crippen molar-refractivity contribution in [3.63, 3.8) is 0 Å². The maximum atomic E-state index is 14.1. The number of halogens is 2. The van der Waals surface area contributed by atoms with E-state index in [2.05, 4.69) is 5.32 Å². The average Bonchev–Trinajstić information content (AvgIpc) is 3.39. The van der Waals surface area contributed by atoms with Crippen molar-refractivity contribution in [2.75, 3.05) is 38.0 Å². The summed E-state index contributed by atoms with van der Waals surface area (Å²) in [6.07, 6.45) is 3.80. The van der Waals surface area contributed by atoms with Gasteiger partial charge in [-0.3, -0.25) is 28.6 Å². The molecule has 218 valence electrons. The van der Waals surface area contributed by atoms with Crippen molar-refractivity contribution in [3.05, 3.63) is 63.1 Å². The van der Waals surface area contributed by atoms with Crippen LogP contribution in [0.1, 0.15) is 65.9 Å². The van der Waals surface area contributed by atoms with Crippen LogP contribution in [-0.2, 0) is 20.2 Å². The topological polar surface area (TPSA) is 130 Å². The lowest BCUT2D eigenvalue weighted by Gasteiger charge is -2.53. The van der Waals surface area contributed by atoms with Gasteiger partial charge in [-0.2, -0.15) is 0 Å². The summed E-state index contributed by atoms with van der Waals surface area (Å²) in [6, 6.07) is 2.87. The number of amides is 2. The van der Waals surface area contributed by atoms with Gasteiger partial charge in [0.1, 0.15) is 22.9 Å². The molecule has 1 aromatic heterocycles. The van der Waals surface area contributed by atoms with E-state index < -0.39 is 53.4 Å². The van der Waals surface area contributed by atoms with Gasteiger partial charge in [-0.1, -0.05) is 6.07 Å². The Morgan fingerprint density at radius 3 is 2.40 bits per heavy atom. The van der Waals surface area contributed by atoms with Crippen LogP contribution in [-0.4, -0.2) is 65.1 Å². The van der Waals surface area contributed by atoms with E-state index in [1.54, 1.807) is 25.9 Å². The number of carbonyl (C=O) groups excluding carboxylic acids is 2. The highest BCUT2D eigenvalue weighted by atomic mass is 31.2. The number of benzene rings is 1. The van der Waals surface area contributed by atoms with Crippen LogP contribution in [0.25, 0.3) is 0 Å². The second-order valence-electron chi connectivity index (χ2n) is 9.68. The van der Waals surface area contributed by atoms with Gasteiger partial charge in [-0.25, -0.2) is 8.78 Å². The van der Waals surface area contributed by atoms with Gasteiger partial charge in [-0.15, -0.1) is 0 Å². The van der Waals surface area contributed by atoms with E-state index in [4.69, 9.17) is 9.05 Å². The summed E-state index contributed by atoms with van der Waals surface area (Å²) in [6.45, 7) is 3.39. The molecule has 14 heteroatoms. The molecular weight excluding hydrogens is 549 g/mol. The van der Waals surface area contributed by atoms with E-state index in [-0.39, 0.29) is 43.7 Å². The zero-order chi connectivity index (χ0) is 29.2. The van der Waals surface area contributed by atoms with Crippen LogP contribution < -0.4 is 15.8 Å². The monoisotopic (exact) mass is 582 g/mol. The molecule has 1 aromatic carbocycles. The fourth-order valence-corrected chi connectivity index (χ4v) is 6.98. The maximum absolute atomic E-state index is 14.1. The molecule has 1 saturated carbocycles. The van der Waals surface area contributed by atoms with Crippen LogP contribution in [0.5, 0.6) is 5.75 Å². The Morgan fingerprint density at radius 2 is 1.80 bits per heavy atom. The Labute approximate surface area is 230 Å². The van der Waals surface area contributed by atoms with Crippen LogP contribution in [0, 0.1) is 11.6 Å². The van der Waals surface area contributed by atoms with Crippen LogP contribution in [0.3, 0.4) is 0 Å². The summed E-state index contributed by atoms with van der Waals surface area (Å²) in [5.41, 5.74) is -2.80. The standard InChI is InChI=1S/C26H33F2N4O7P/c1-4-38-40(37,39-5-2)13-12-32-26(10-6-7-11-26)30(3)25(36)21-23(34)22(33)19(16-31(21)32)24(35)29-15-17-8-9-18(27)14-20(17)28/h8-9,14,16,34H,4-7,10-13,15H2,1-3H3,(H,29,35). The van der Waals surface area contributed by atoms with Gasteiger partial charge in [0, 0.05) is 38.0 Å². The zero-order valence-corrected chi connectivity index (χ0v) is 23.5. The first-order valence-electron chi connectivity index (χ1n) is 13.1. The number of pyridine rings is 1. The fourth-order valence-electron chi connectivity index (χ4n) is 5.43. The predicted molar refractivity (Wildman–Crippen MR) is 142 cm³/mol. The van der Waals surface area contributed by atoms with Crippen LogP contribution in [0.15, 0.2) is 29.2 Å². The molecule has 0 saturated heterocycles. The Kier molecular flexibility index (Phi) is 8.67. The van der Waals surface area contributed by atoms with Gasteiger partial charge in [-0.05, 0) is 45.6 Å². The summed E-state index contributed by atoms with van der Waals surface area (Å²) < 4.78 is 52.8. The smallest absolute Gasteiger partial charge is 0.332 e. The van der Waals surface area contributed by atoms with Gasteiger partial charge in [0.2, 0.25) is 5.43 Å². The molecule has 0 atom stereocenters. The SMILES string of the molecule is CCOP(=O)(CCN1n2cc(C(=O)NCc3ccc(F)cc3F)c(=O)c(O)c2C(=O)N(C)C12CCCC2)OCC. The number of rotatable bonds is 10. The van der Waals surface area contributed by atoms with Crippen LogP contribution in [0.2, 0.25) is 0 Å². The summed E-state index contributed by atoms with van der Waals surface area (Å²) >= 11 is 0. The van der Waals surface area contributed by atoms with Crippen molar-refractivity contribution in [2.24, 2.45) is 0 Å². The molecule has 1 aliphatic heterocycles. The van der Waals surface area contributed by atoms with E-state index in [9.17, 15) is 32.8 Å². The highest BCUT2D eigenvalue weighted by Gasteiger charge is 2.51. The van der Waals surface area contributed by atoms with Crippen LogP contribution in [0.4, 0.5) is 8.78 Å². The third-order valence-corrected chi connectivity index (χ3v) is 9.43. The summed E-state index contributed by atoms with van der Waals surface area (Å²) in [7, 11) is -1.94. The average molecular weight is 583 g/mol. The van der Waals surface area contributed by atoms with Crippen molar-refractivity contribution >= 4 is 19.4 Å². The number of carbonyl (C=O) groups is 2. The first-order chi connectivity index (χ1) is 19.0. The van der Waals surface area contributed by atoms with E-state index in [1.807, 2.05) is 0 Å². The molecule has 2 heterocycles. The van der Waals surface area contributed by atoms with Crippen molar-refractivity contribution in [2.45, 2.75) is 51.7 Å². The summed E-state index contributed by atoms with van der Waals surface area (Å²) in [4.78, 5) is 41.1. The van der Waals surface area contributed by atoms with E-state index in [0.717, 1.165) is 31.2 Å². The molecule has 2 amide bonds. The van der Waals surface area contributed by atoms with Crippen molar-refractivity contribution < 1.29 is 37.1 Å². The van der Waals surface area contributed by atoms with Gasteiger partial charge < -0.3 is 24.4 Å². The number of hydrogen-bond donors (Lipinski definition) is 2. The van der Waals surface area contributed by atoms with Crippen molar-refractivity contribution in [1.29, 1.82) is 0 Å². The quantitative estimate of drug-likeness (QED) is 0.408. The summed E-state index contributed by atoms with van der Waals surface area (Å²) in [5.74, 6) is -4.11. The minimum Gasteiger partial charge on any atom is -0.502 e. The van der Waals surface area contributed by atoms with Gasteiger partial charge in [0.05, 0.1) is 19.4 Å². The zero-order valence-electron chi connectivity index (χ0n) is 22.6. The Bertz CT molecular complexity index is 1400. The lowest BCUT2D eigenvalue weighted by Crippen LogP contribution is -2.69. The van der Waals surface area contributed by atoms with Crippen LogP contribution >= 0.6 is 7.60 Å². The second kappa shape index (κ2) is 11.7. The molecule has 2 aliphatic rings. The van der Waals surface area contributed by atoms with Gasteiger partial charge >= 0.3 is 7.60 Å². The van der Waals surface area contributed by atoms with Gasteiger partial charge in [0.15, 0.2) is 11.4 Å². The minimum atomic E-state index is -3.52. The first-order valence-corrected chi connectivity index (χ1v) is 14.9. The first kappa shape index (κ1) is 29.7. The maximum Gasteiger partial charge on any atom is 0.332 e. The Balaban J connectivity index is 1.75. The molecule has 4 rings (SSSR count). The van der Waals surface area contributed by atoms with Gasteiger partial charge in [0.25, 0.3) is 11.8 Å². The predicted octanol–water partition coefficient (Wildman–Crippen LogP) is 3.32. The Morgan fingerprint density at radius 1 is 1.15 bits per heavy atom. The number of nitrogens with zero attached hydrogens (tertiary/aromatic N) is 3. The molecule has 1 spiro atoms. The fraction of sp³-hybridized carbons (Fsp3) is 0.500. The number of aromatic hydroxyl groups is 1. The molecular formula is C26H33F2N4O7P. The molecule has 2 N–H and O–H groups in total. The van der Waals surface area contributed by atoms with E-state index >= 15 is 0 Å². The van der Waals surface area contributed by atoms with Crippen molar-refractivity contribution in [1.82, 2.24) is 14.9 Å². The molecule has 40 heavy (non-hydrogen) atoms. The Hall–Kier alpha value is -3.28. The van der Waals surface area contributed by atoms with E-state index in [0.29, 0.717) is 18.9 Å². The number of aromatic nitrogens is 1. The minimum absolute atomic E-state index is 0.0111. The molecule has 11 nitrogen and oxygen atoms in total. The van der Waals surface area contributed by atoms with Crippen molar-refractivity contribution in [3.8, 4) is 5.75 Å². The normalized spacial score (nSPS) is 16.5. The molecule has 1 fully saturated rings. The molecule has 0 radical (unpaired) electrons. The molecule has 0 unspecified atom stereocenters. The largest absolute Gasteiger partial charge is 0.502 e. The number of hydrogen-bond acceptors (Lipinski definition) is 8. The molecule has 0 bridgehead atoms. The number of fused-ring (bicyclic) bond motifs is 1. The summed E-state index contributed by atoms with van der Waals surface area (Å²) in [5, 5.41) is 15.0. The molecule has 1 aliphatic carbocycles. The molecule has 2 aromatic rings. The van der Waals surface area contributed by atoms with E-state index in [1.165, 1.54) is 9.58 Å². The third-order valence-electron chi connectivity index (χ3n) is 7.38. The lowest BCUT2D eigenvalue weighted by atomic mass is 10.0. The third kappa shape index (κ3) is 5.37. The number of nitrogens with one attached hydrogen (secondary N) is 1. The highest BCUT2D eigenvalue weighted by Crippen LogP contribution is 2.49. The lowest BCUT2D eigenvalue weighted by molar-refractivity contribution is 0.0382. The highest BCUT2D eigenvalue weighted by molar-refractivity contribution is 7.53.